The molecule has 0 saturated heterocycles. The number of nitrogens with zero attached hydrogens (tertiary/aromatic N) is 1. The highest BCUT2D eigenvalue weighted by atomic mass is 16.6. The third-order valence-electron chi connectivity index (χ3n) is 2.62. The first-order chi connectivity index (χ1) is 7.43. The fraction of sp³-hybridized carbons (Fsp3) is 0.333. The number of nitro groups is 1. The largest absolute Gasteiger partial charge is 0.294 e. The number of non-ortho nitro benzene ring substituents is 1. The normalized spacial score (nSPS) is 12.5. The Morgan fingerprint density at radius 2 is 1.75 bits per heavy atom. The second-order valence-corrected chi connectivity index (χ2v) is 3.97. The van der Waals surface area contributed by atoms with E-state index in [9.17, 15) is 14.9 Å². The van der Waals surface area contributed by atoms with Crippen LogP contribution in [0, 0.1) is 22.0 Å². The smallest absolute Gasteiger partial charge is 0.269 e. The maximum atomic E-state index is 11.9. The molecule has 1 rings (SSSR count). The molecule has 1 radical (unpaired) electrons. The summed E-state index contributed by atoms with van der Waals surface area (Å²) in [6.07, 6.45) is 0. The predicted octanol–water partition coefficient (Wildman–Crippen LogP) is 3.03. The molecule has 0 aromatic heterocycles. The minimum atomic E-state index is -0.477. The summed E-state index contributed by atoms with van der Waals surface area (Å²) in [5.74, 6) is 0.875. The van der Waals surface area contributed by atoms with Crippen LogP contribution < -0.4 is 0 Å². The summed E-state index contributed by atoms with van der Waals surface area (Å²) in [5.41, 5.74) is 0.515. The van der Waals surface area contributed by atoms with Crippen molar-refractivity contribution in [3.8, 4) is 0 Å². The van der Waals surface area contributed by atoms with Gasteiger partial charge >= 0.3 is 0 Å². The standard InChI is InChI=1S/C12H14NO3/c1-8(2)9(3)12(14)10-4-6-11(7-5-10)13(15)16/h4-7,9H,1-3H3. The SMILES string of the molecule is C[C](C)C(C)C(=O)c1ccc([N+](=O)[O-])cc1. The quantitative estimate of drug-likeness (QED) is 0.445. The van der Waals surface area contributed by atoms with E-state index >= 15 is 0 Å². The van der Waals surface area contributed by atoms with Crippen LogP contribution in [-0.2, 0) is 0 Å². The van der Waals surface area contributed by atoms with Gasteiger partial charge in [0.1, 0.15) is 0 Å². The Hall–Kier alpha value is -1.71. The first kappa shape index (κ1) is 12.4. The summed E-state index contributed by atoms with van der Waals surface area (Å²) >= 11 is 0. The minimum Gasteiger partial charge on any atom is -0.294 e. The van der Waals surface area contributed by atoms with Crippen molar-refractivity contribution in [2.45, 2.75) is 20.8 Å². The summed E-state index contributed by atoms with van der Waals surface area (Å²) in [6.45, 7) is 5.63. The molecule has 0 aliphatic rings. The van der Waals surface area contributed by atoms with E-state index in [1.807, 2.05) is 20.8 Å². The van der Waals surface area contributed by atoms with E-state index < -0.39 is 4.92 Å². The van der Waals surface area contributed by atoms with Crippen molar-refractivity contribution in [2.24, 2.45) is 5.92 Å². The number of hydrogen-bond acceptors (Lipinski definition) is 3. The summed E-state index contributed by atoms with van der Waals surface area (Å²) in [4.78, 5) is 21.8. The zero-order chi connectivity index (χ0) is 12.3. The zero-order valence-electron chi connectivity index (χ0n) is 9.56. The van der Waals surface area contributed by atoms with Gasteiger partial charge in [-0.3, -0.25) is 14.9 Å². The van der Waals surface area contributed by atoms with Crippen molar-refractivity contribution < 1.29 is 9.72 Å². The first-order valence-corrected chi connectivity index (χ1v) is 5.02. The highest BCUT2D eigenvalue weighted by Crippen LogP contribution is 2.20. The van der Waals surface area contributed by atoms with Crippen molar-refractivity contribution in [2.75, 3.05) is 0 Å². The van der Waals surface area contributed by atoms with Crippen molar-refractivity contribution in [3.63, 3.8) is 0 Å². The molecule has 1 unspecified atom stereocenters. The Labute approximate surface area is 94.4 Å². The van der Waals surface area contributed by atoms with Crippen LogP contribution in [0.1, 0.15) is 31.1 Å². The maximum absolute atomic E-state index is 11.9. The van der Waals surface area contributed by atoms with Gasteiger partial charge in [0, 0.05) is 23.6 Å². The number of ketones is 1. The lowest BCUT2D eigenvalue weighted by Crippen LogP contribution is -2.15. The molecule has 0 N–H and O–H groups in total. The van der Waals surface area contributed by atoms with Crippen LogP contribution in [0.5, 0.6) is 0 Å². The summed E-state index contributed by atoms with van der Waals surface area (Å²) in [6, 6.07) is 5.70. The molecule has 16 heavy (non-hydrogen) atoms. The molecular formula is C12H14NO3. The average molecular weight is 220 g/mol. The second-order valence-electron chi connectivity index (χ2n) is 3.97. The molecule has 0 bridgehead atoms. The van der Waals surface area contributed by atoms with E-state index in [4.69, 9.17) is 0 Å². The molecule has 0 saturated carbocycles. The van der Waals surface area contributed by atoms with Crippen molar-refractivity contribution in [3.05, 3.63) is 45.9 Å². The first-order valence-electron chi connectivity index (χ1n) is 5.02. The van der Waals surface area contributed by atoms with Crippen molar-refractivity contribution >= 4 is 11.5 Å². The van der Waals surface area contributed by atoms with Gasteiger partial charge in [0.05, 0.1) is 4.92 Å². The molecule has 0 aliphatic carbocycles. The van der Waals surface area contributed by atoms with Crippen LogP contribution >= 0.6 is 0 Å². The van der Waals surface area contributed by atoms with Crippen molar-refractivity contribution in [1.29, 1.82) is 0 Å². The van der Waals surface area contributed by atoms with Gasteiger partial charge in [-0.05, 0) is 18.1 Å². The van der Waals surface area contributed by atoms with Gasteiger partial charge in [0.2, 0.25) is 0 Å². The third-order valence-corrected chi connectivity index (χ3v) is 2.62. The monoisotopic (exact) mass is 220 g/mol. The third kappa shape index (κ3) is 2.66. The number of rotatable bonds is 4. The number of carbonyl (C=O) groups excluding carboxylic acids is 1. The van der Waals surface area contributed by atoms with Gasteiger partial charge in [0.15, 0.2) is 5.78 Å². The van der Waals surface area contributed by atoms with Gasteiger partial charge in [0.25, 0.3) is 5.69 Å². The van der Waals surface area contributed by atoms with Gasteiger partial charge in [-0.15, -0.1) is 0 Å². The fourth-order valence-electron chi connectivity index (χ4n) is 1.26. The van der Waals surface area contributed by atoms with E-state index in [0.29, 0.717) is 5.56 Å². The molecular weight excluding hydrogens is 206 g/mol. The maximum Gasteiger partial charge on any atom is 0.269 e. The zero-order valence-corrected chi connectivity index (χ0v) is 9.56. The van der Waals surface area contributed by atoms with Crippen LogP contribution in [0.4, 0.5) is 5.69 Å². The lowest BCUT2D eigenvalue weighted by Gasteiger charge is -2.13. The summed E-state index contributed by atoms with van der Waals surface area (Å²) in [7, 11) is 0. The molecule has 0 heterocycles. The van der Waals surface area contributed by atoms with Gasteiger partial charge in [-0.2, -0.15) is 0 Å². The van der Waals surface area contributed by atoms with Gasteiger partial charge in [-0.1, -0.05) is 20.8 Å². The van der Waals surface area contributed by atoms with E-state index in [1.165, 1.54) is 24.3 Å². The Morgan fingerprint density at radius 3 is 2.12 bits per heavy atom. The fourth-order valence-corrected chi connectivity index (χ4v) is 1.26. The van der Waals surface area contributed by atoms with Crippen LogP contribution in [0.15, 0.2) is 24.3 Å². The molecule has 1 atom stereocenters. The Morgan fingerprint density at radius 1 is 1.25 bits per heavy atom. The molecule has 0 amide bonds. The minimum absolute atomic E-state index is 0.00130. The van der Waals surface area contributed by atoms with E-state index in [2.05, 4.69) is 0 Å². The van der Waals surface area contributed by atoms with Gasteiger partial charge in [-0.25, -0.2) is 0 Å². The van der Waals surface area contributed by atoms with Crippen LogP contribution in [-0.4, -0.2) is 10.7 Å². The van der Waals surface area contributed by atoms with Crippen LogP contribution in [0.25, 0.3) is 0 Å². The second kappa shape index (κ2) is 4.88. The Kier molecular flexibility index (Phi) is 3.77. The number of hydrogen-bond donors (Lipinski definition) is 0. The lowest BCUT2D eigenvalue weighted by molar-refractivity contribution is -0.384. The lowest BCUT2D eigenvalue weighted by atomic mass is 9.90. The molecule has 0 spiro atoms. The average Bonchev–Trinajstić information content (AvgIpc) is 2.27. The van der Waals surface area contributed by atoms with E-state index in [-0.39, 0.29) is 17.4 Å². The Bertz CT molecular complexity index is 395. The summed E-state index contributed by atoms with van der Waals surface area (Å²) < 4.78 is 0. The molecule has 4 nitrogen and oxygen atoms in total. The number of nitro benzene ring substituents is 1. The highest BCUT2D eigenvalue weighted by Gasteiger charge is 2.19. The molecule has 1 aromatic carbocycles. The number of carbonyl (C=O) groups is 1. The number of benzene rings is 1. The van der Waals surface area contributed by atoms with Crippen LogP contribution in [0.2, 0.25) is 0 Å². The number of Topliss-reactive ketones (excluding diaryl/α,β-unsaturated/α-hetero) is 1. The molecule has 0 aliphatic heterocycles. The topological polar surface area (TPSA) is 60.2 Å². The van der Waals surface area contributed by atoms with Crippen molar-refractivity contribution in [1.82, 2.24) is 0 Å². The van der Waals surface area contributed by atoms with E-state index in [0.717, 1.165) is 5.92 Å². The predicted molar refractivity (Wildman–Crippen MR) is 61.2 cm³/mol. The van der Waals surface area contributed by atoms with Crippen LogP contribution in [0.3, 0.4) is 0 Å². The Balaban J connectivity index is 2.90. The highest BCUT2D eigenvalue weighted by molar-refractivity contribution is 5.98. The summed E-state index contributed by atoms with van der Waals surface area (Å²) in [5, 5.41) is 10.4. The molecule has 1 aromatic rings. The molecule has 0 fully saturated rings. The molecule has 85 valence electrons. The molecule has 4 heteroatoms. The van der Waals surface area contributed by atoms with Gasteiger partial charge < -0.3 is 0 Å². The van der Waals surface area contributed by atoms with E-state index in [1.54, 1.807) is 0 Å².